The number of nitrogens with one attached hydrogen (secondary N) is 3. The minimum absolute atomic E-state index is 0.138. The molecule has 3 N–H and O–H groups in total. The van der Waals surface area contributed by atoms with E-state index in [4.69, 9.17) is 4.74 Å². The lowest BCUT2D eigenvalue weighted by Gasteiger charge is -2.19. The van der Waals surface area contributed by atoms with Crippen LogP contribution in [0.1, 0.15) is 43.9 Å². The van der Waals surface area contributed by atoms with E-state index >= 15 is 0 Å². The van der Waals surface area contributed by atoms with Gasteiger partial charge >= 0.3 is 6.09 Å². The first-order valence-corrected chi connectivity index (χ1v) is 10.5. The molecule has 0 saturated carbocycles. The fourth-order valence-electron chi connectivity index (χ4n) is 2.76. The monoisotopic (exact) mass is 437 g/mol. The van der Waals surface area contributed by atoms with Gasteiger partial charge in [0.05, 0.1) is 0 Å². The van der Waals surface area contributed by atoms with Crippen molar-refractivity contribution in [2.45, 2.75) is 46.3 Å². The number of aryl methyl sites for hydroxylation is 1. The third-order valence-corrected chi connectivity index (χ3v) is 4.31. The zero-order valence-corrected chi connectivity index (χ0v) is 19.0. The van der Waals surface area contributed by atoms with E-state index in [1.54, 1.807) is 39.0 Å². The van der Waals surface area contributed by atoms with Crippen LogP contribution in [-0.2, 0) is 20.9 Å². The zero-order valence-electron chi connectivity index (χ0n) is 19.0. The van der Waals surface area contributed by atoms with Gasteiger partial charge in [0, 0.05) is 31.3 Å². The average Bonchev–Trinajstić information content (AvgIpc) is 2.70. The van der Waals surface area contributed by atoms with Crippen LogP contribution in [0.4, 0.5) is 10.5 Å². The van der Waals surface area contributed by atoms with Crippen LogP contribution < -0.4 is 16.0 Å². The van der Waals surface area contributed by atoms with E-state index in [0.29, 0.717) is 12.2 Å². The molecule has 7 nitrogen and oxygen atoms in total. The highest BCUT2D eigenvalue weighted by Crippen LogP contribution is 2.12. The first-order valence-electron chi connectivity index (χ1n) is 10.5. The average molecular weight is 438 g/mol. The number of carbonyl (C=O) groups excluding carboxylic acids is 3. The number of alkyl carbamates (subject to hydrolysis) is 1. The zero-order chi connectivity index (χ0) is 23.6. The van der Waals surface area contributed by atoms with Gasteiger partial charge in [-0.2, -0.15) is 0 Å². The second kappa shape index (κ2) is 11.7. The molecular weight excluding hydrogens is 406 g/mol. The number of benzene rings is 2. The number of anilines is 1. The summed E-state index contributed by atoms with van der Waals surface area (Å²) < 4.78 is 5.12. The molecule has 7 heteroatoms. The number of ether oxygens (including phenoxy) is 1. The Labute approximate surface area is 189 Å². The number of hydrogen-bond donors (Lipinski definition) is 3. The fraction of sp³-hybridized carbons (Fsp3) is 0.320. The number of amides is 3. The van der Waals surface area contributed by atoms with Crippen molar-refractivity contribution in [2.24, 2.45) is 0 Å². The Morgan fingerprint density at radius 3 is 2.47 bits per heavy atom. The standard InChI is InChI=1S/C25H31N3O4/c1-18-8-5-6-10-20(18)12-13-23(30)28-21-11-7-9-19(16-21)17-27-22(29)14-15-26-24(31)32-25(2,3)4/h5-13,16H,14-15,17H2,1-4H3,(H,26,31)(H,27,29)(H,28,30)/b13-12+. The van der Waals surface area contributed by atoms with Gasteiger partial charge in [-0.3, -0.25) is 9.59 Å². The van der Waals surface area contributed by atoms with E-state index in [-0.39, 0.29) is 24.8 Å². The van der Waals surface area contributed by atoms with Crippen LogP contribution in [0, 0.1) is 6.92 Å². The molecule has 2 aromatic rings. The highest BCUT2D eigenvalue weighted by atomic mass is 16.6. The number of rotatable bonds is 8. The van der Waals surface area contributed by atoms with Gasteiger partial charge in [-0.25, -0.2) is 4.79 Å². The van der Waals surface area contributed by atoms with Gasteiger partial charge in [0.1, 0.15) is 5.60 Å². The molecule has 0 aliphatic rings. The van der Waals surface area contributed by atoms with Crippen LogP contribution in [-0.4, -0.2) is 30.1 Å². The summed E-state index contributed by atoms with van der Waals surface area (Å²) in [6.45, 7) is 7.81. The molecule has 32 heavy (non-hydrogen) atoms. The van der Waals surface area contributed by atoms with Gasteiger partial charge in [-0.1, -0.05) is 36.4 Å². The van der Waals surface area contributed by atoms with Crippen molar-refractivity contribution in [1.29, 1.82) is 0 Å². The Morgan fingerprint density at radius 2 is 1.75 bits per heavy atom. The van der Waals surface area contributed by atoms with Crippen molar-refractivity contribution in [1.82, 2.24) is 10.6 Å². The van der Waals surface area contributed by atoms with Crippen molar-refractivity contribution in [3.8, 4) is 0 Å². The Hall–Kier alpha value is -3.61. The summed E-state index contributed by atoms with van der Waals surface area (Å²) in [5.74, 6) is -0.431. The third kappa shape index (κ3) is 9.47. The highest BCUT2D eigenvalue weighted by Gasteiger charge is 2.15. The van der Waals surface area contributed by atoms with E-state index in [2.05, 4.69) is 16.0 Å². The first-order chi connectivity index (χ1) is 15.1. The lowest BCUT2D eigenvalue weighted by molar-refractivity contribution is -0.121. The van der Waals surface area contributed by atoms with E-state index in [0.717, 1.165) is 16.7 Å². The molecule has 0 unspecified atom stereocenters. The predicted molar refractivity (Wildman–Crippen MR) is 126 cm³/mol. The molecule has 0 radical (unpaired) electrons. The van der Waals surface area contributed by atoms with Crippen LogP contribution >= 0.6 is 0 Å². The summed E-state index contributed by atoms with van der Waals surface area (Å²) in [6.07, 6.45) is 2.86. The van der Waals surface area contributed by atoms with Crippen LogP contribution in [0.15, 0.2) is 54.6 Å². The van der Waals surface area contributed by atoms with Gasteiger partial charge in [0.25, 0.3) is 0 Å². The van der Waals surface area contributed by atoms with Gasteiger partial charge in [0.15, 0.2) is 0 Å². The number of carbonyl (C=O) groups is 3. The number of hydrogen-bond acceptors (Lipinski definition) is 4. The molecule has 0 saturated heterocycles. The molecule has 2 aromatic carbocycles. The molecule has 2 rings (SSSR count). The van der Waals surface area contributed by atoms with Crippen molar-refractivity contribution in [3.63, 3.8) is 0 Å². The second-order valence-corrected chi connectivity index (χ2v) is 8.33. The summed E-state index contributed by atoms with van der Waals surface area (Å²) >= 11 is 0. The molecule has 0 atom stereocenters. The van der Waals surface area contributed by atoms with Crippen molar-refractivity contribution in [2.75, 3.05) is 11.9 Å². The summed E-state index contributed by atoms with van der Waals surface area (Å²) in [4.78, 5) is 35.8. The predicted octanol–water partition coefficient (Wildman–Crippen LogP) is 4.18. The molecule has 0 heterocycles. The quantitative estimate of drug-likeness (QED) is 0.540. The van der Waals surface area contributed by atoms with Gasteiger partial charge in [-0.15, -0.1) is 0 Å². The van der Waals surface area contributed by atoms with E-state index in [1.165, 1.54) is 6.08 Å². The van der Waals surface area contributed by atoms with Crippen LogP contribution in [0.3, 0.4) is 0 Å². The van der Waals surface area contributed by atoms with Crippen molar-refractivity contribution >= 4 is 29.7 Å². The third-order valence-electron chi connectivity index (χ3n) is 4.31. The van der Waals surface area contributed by atoms with Crippen molar-refractivity contribution in [3.05, 3.63) is 71.3 Å². The Kier molecular flexibility index (Phi) is 9.01. The Morgan fingerprint density at radius 1 is 1.00 bits per heavy atom. The normalized spacial score (nSPS) is 11.1. The van der Waals surface area contributed by atoms with E-state index in [9.17, 15) is 14.4 Å². The van der Waals surface area contributed by atoms with Gasteiger partial charge in [-0.05, 0) is 62.6 Å². The van der Waals surface area contributed by atoms with Crippen LogP contribution in [0.25, 0.3) is 6.08 Å². The Balaban J connectivity index is 1.77. The minimum Gasteiger partial charge on any atom is -0.444 e. The van der Waals surface area contributed by atoms with Crippen LogP contribution in [0.2, 0.25) is 0 Å². The van der Waals surface area contributed by atoms with Crippen LogP contribution in [0.5, 0.6) is 0 Å². The summed E-state index contributed by atoms with van der Waals surface area (Å²) in [6, 6.07) is 15.1. The topological polar surface area (TPSA) is 96.5 Å². The molecule has 170 valence electrons. The Bertz CT molecular complexity index is 977. The first kappa shape index (κ1) is 24.7. The lowest BCUT2D eigenvalue weighted by atomic mass is 10.1. The molecule has 0 aliphatic heterocycles. The summed E-state index contributed by atoms with van der Waals surface area (Å²) in [5.41, 5.74) is 2.99. The van der Waals surface area contributed by atoms with Crippen molar-refractivity contribution < 1.29 is 19.1 Å². The van der Waals surface area contributed by atoms with Gasteiger partial charge in [0.2, 0.25) is 11.8 Å². The minimum atomic E-state index is -0.580. The maximum absolute atomic E-state index is 12.2. The molecule has 0 fully saturated rings. The summed E-state index contributed by atoms with van der Waals surface area (Å²) in [5, 5.41) is 8.17. The fourth-order valence-corrected chi connectivity index (χ4v) is 2.76. The molecule has 3 amide bonds. The van der Waals surface area contributed by atoms with E-state index in [1.807, 2.05) is 43.3 Å². The largest absolute Gasteiger partial charge is 0.444 e. The van der Waals surface area contributed by atoms with Gasteiger partial charge < -0.3 is 20.7 Å². The molecule has 0 aromatic heterocycles. The SMILES string of the molecule is Cc1ccccc1/C=C/C(=O)Nc1cccc(CNC(=O)CCNC(=O)OC(C)(C)C)c1. The maximum Gasteiger partial charge on any atom is 0.407 e. The highest BCUT2D eigenvalue weighted by molar-refractivity contribution is 6.02. The van der Waals surface area contributed by atoms with E-state index < -0.39 is 11.7 Å². The second-order valence-electron chi connectivity index (χ2n) is 8.33. The lowest BCUT2D eigenvalue weighted by Crippen LogP contribution is -2.35. The smallest absolute Gasteiger partial charge is 0.407 e. The molecule has 0 aliphatic carbocycles. The maximum atomic E-state index is 12.2. The summed E-state index contributed by atoms with van der Waals surface area (Å²) in [7, 11) is 0. The molecule has 0 bridgehead atoms. The molecule has 0 spiro atoms. The molecular formula is C25H31N3O4.